The Morgan fingerprint density at radius 2 is 1.90 bits per heavy atom. The van der Waals surface area contributed by atoms with E-state index in [-0.39, 0.29) is 30.2 Å². The predicted molar refractivity (Wildman–Crippen MR) is 115 cm³/mol. The van der Waals surface area contributed by atoms with Crippen molar-refractivity contribution < 1.29 is 19.1 Å². The van der Waals surface area contributed by atoms with Crippen molar-refractivity contribution in [2.24, 2.45) is 5.92 Å². The molecule has 30 heavy (non-hydrogen) atoms. The molecule has 2 fully saturated rings. The van der Waals surface area contributed by atoms with Crippen LogP contribution in [0.2, 0.25) is 5.02 Å². The third-order valence-electron chi connectivity index (χ3n) is 5.92. The first-order chi connectivity index (χ1) is 14.5. The summed E-state index contributed by atoms with van der Waals surface area (Å²) in [6.07, 6.45) is 2.05. The summed E-state index contributed by atoms with van der Waals surface area (Å²) >= 11 is 6.07. The quantitative estimate of drug-likeness (QED) is 0.720. The van der Waals surface area contributed by atoms with Gasteiger partial charge in [0.15, 0.2) is 11.5 Å². The van der Waals surface area contributed by atoms with Crippen LogP contribution in [0.4, 0.5) is 5.69 Å². The Morgan fingerprint density at radius 1 is 1.10 bits per heavy atom. The first-order valence-corrected chi connectivity index (χ1v) is 10.5. The smallest absolute Gasteiger partial charge is 0.228 e. The van der Waals surface area contributed by atoms with E-state index in [1.807, 2.05) is 35.2 Å². The van der Waals surface area contributed by atoms with E-state index in [1.54, 1.807) is 31.3 Å². The second-order valence-corrected chi connectivity index (χ2v) is 8.13. The second kappa shape index (κ2) is 8.56. The third kappa shape index (κ3) is 3.84. The SMILES string of the molecule is COc1ccc([C@H]2CCCN2C(=O)[C@H]2CC(=O)N(c3cccc(Cl)c3)C2)cc1OC. The molecule has 0 spiro atoms. The average molecular weight is 429 g/mol. The second-order valence-electron chi connectivity index (χ2n) is 7.69. The van der Waals surface area contributed by atoms with Crippen molar-refractivity contribution in [3.63, 3.8) is 0 Å². The van der Waals surface area contributed by atoms with Crippen molar-refractivity contribution in [3.8, 4) is 11.5 Å². The van der Waals surface area contributed by atoms with Gasteiger partial charge in [-0.3, -0.25) is 9.59 Å². The third-order valence-corrected chi connectivity index (χ3v) is 6.16. The van der Waals surface area contributed by atoms with Crippen LogP contribution < -0.4 is 14.4 Å². The maximum Gasteiger partial charge on any atom is 0.228 e. The molecule has 2 aromatic rings. The lowest BCUT2D eigenvalue weighted by molar-refractivity contribution is -0.136. The highest BCUT2D eigenvalue weighted by atomic mass is 35.5. The molecule has 2 atom stereocenters. The van der Waals surface area contributed by atoms with Gasteiger partial charge < -0.3 is 19.3 Å². The number of carbonyl (C=O) groups is 2. The van der Waals surface area contributed by atoms with Gasteiger partial charge in [0.25, 0.3) is 0 Å². The number of likely N-dealkylation sites (tertiary alicyclic amines) is 1. The number of hydrogen-bond donors (Lipinski definition) is 0. The molecule has 2 aliphatic rings. The first-order valence-electron chi connectivity index (χ1n) is 10.1. The largest absolute Gasteiger partial charge is 0.493 e. The van der Waals surface area contributed by atoms with Gasteiger partial charge >= 0.3 is 0 Å². The standard InChI is InChI=1S/C23H25ClN2O4/c1-29-20-9-8-15(11-21(20)30-2)19-7-4-10-25(19)23(28)16-12-22(27)26(14-16)18-6-3-5-17(24)13-18/h3,5-6,8-9,11,13,16,19H,4,7,10,12,14H2,1-2H3/t16-,19+/m0/s1. The Morgan fingerprint density at radius 3 is 2.63 bits per heavy atom. The molecule has 0 aromatic heterocycles. The molecule has 2 aliphatic heterocycles. The van der Waals surface area contributed by atoms with Crippen LogP contribution >= 0.6 is 11.6 Å². The zero-order valence-electron chi connectivity index (χ0n) is 17.1. The molecule has 2 aromatic carbocycles. The summed E-state index contributed by atoms with van der Waals surface area (Å²) < 4.78 is 10.8. The van der Waals surface area contributed by atoms with E-state index in [4.69, 9.17) is 21.1 Å². The van der Waals surface area contributed by atoms with Crippen LogP contribution in [0, 0.1) is 5.92 Å². The molecule has 2 saturated heterocycles. The van der Waals surface area contributed by atoms with Gasteiger partial charge in [-0.05, 0) is 48.7 Å². The number of hydrogen-bond acceptors (Lipinski definition) is 4. The van der Waals surface area contributed by atoms with Gasteiger partial charge in [-0.25, -0.2) is 0 Å². The van der Waals surface area contributed by atoms with E-state index < -0.39 is 0 Å². The minimum atomic E-state index is -0.350. The van der Waals surface area contributed by atoms with Crippen molar-refractivity contribution in [2.45, 2.75) is 25.3 Å². The molecule has 0 saturated carbocycles. The monoisotopic (exact) mass is 428 g/mol. The number of amides is 2. The van der Waals surface area contributed by atoms with Gasteiger partial charge in [0.1, 0.15) is 0 Å². The normalized spacial score (nSPS) is 21.2. The minimum Gasteiger partial charge on any atom is -0.493 e. The number of anilines is 1. The molecule has 0 radical (unpaired) electrons. The lowest BCUT2D eigenvalue weighted by atomic mass is 10.0. The van der Waals surface area contributed by atoms with Crippen molar-refractivity contribution in [2.75, 3.05) is 32.2 Å². The number of halogens is 1. The van der Waals surface area contributed by atoms with E-state index in [0.717, 1.165) is 24.1 Å². The van der Waals surface area contributed by atoms with Gasteiger partial charge in [-0.2, -0.15) is 0 Å². The molecule has 2 amide bonds. The van der Waals surface area contributed by atoms with Crippen LogP contribution in [0.25, 0.3) is 0 Å². The number of ether oxygens (including phenoxy) is 2. The van der Waals surface area contributed by atoms with E-state index in [1.165, 1.54) is 0 Å². The number of methoxy groups -OCH3 is 2. The highest BCUT2D eigenvalue weighted by molar-refractivity contribution is 6.31. The summed E-state index contributed by atoms with van der Waals surface area (Å²) in [5.41, 5.74) is 1.76. The van der Waals surface area contributed by atoms with Crippen LogP contribution in [-0.4, -0.2) is 44.0 Å². The van der Waals surface area contributed by atoms with Gasteiger partial charge in [0.2, 0.25) is 11.8 Å². The number of rotatable bonds is 5. The van der Waals surface area contributed by atoms with Crippen LogP contribution in [0.3, 0.4) is 0 Å². The Hall–Kier alpha value is -2.73. The summed E-state index contributed by atoms with van der Waals surface area (Å²) in [7, 11) is 3.21. The van der Waals surface area contributed by atoms with Gasteiger partial charge in [-0.15, -0.1) is 0 Å². The molecule has 158 valence electrons. The molecule has 0 aliphatic carbocycles. The van der Waals surface area contributed by atoms with Gasteiger partial charge in [0, 0.05) is 30.2 Å². The molecule has 0 bridgehead atoms. The Balaban J connectivity index is 1.52. The molecule has 7 heteroatoms. The molecule has 0 unspecified atom stereocenters. The highest BCUT2D eigenvalue weighted by Crippen LogP contribution is 2.38. The lowest BCUT2D eigenvalue weighted by Crippen LogP contribution is -2.37. The number of nitrogens with zero attached hydrogens (tertiary/aromatic N) is 2. The van der Waals surface area contributed by atoms with Crippen molar-refractivity contribution in [1.82, 2.24) is 4.90 Å². The maximum absolute atomic E-state index is 13.4. The predicted octanol–water partition coefficient (Wildman–Crippen LogP) is 4.07. The fourth-order valence-corrected chi connectivity index (χ4v) is 4.62. The number of carbonyl (C=O) groups excluding carboxylic acids is 2. The molecule has 0 N–H and O–H groups in total. The fourth-order valence-electron chi connectivity index (χ4n) is 4.44. The topological polar surface area (TPSA) is 59.1 Å². The van der Waals surface area contributed by atoms with Gasteiger partial charge in [0.05, 0.1) is 26.2 Å². The first kappa shape index (κ1) is 20.5. The van der Waals surface area contributed by atoms with Crippen molar-refractivity contribution >= 4 is 29.1 Å². The Labute approximate surface area is 181 Å². The minimum absolute atomic E-state index is 0.0207. The van der Waals surface area contributed by atoms with E-state index >= 15 is 0 Å². The highest BCUT2D eigenvalue weighted by Gasteiger charge is 2.40. The van der Waals surface area contributed by atoms with Crippen LogP contribution in [-0.2, 0) is 9.59 Å². The molecule has 6 nitrogen and oxygen atoms in total. The van der Waals surface area contributed by atoms with Gasteiger partial charge in [-0.1, -0.05) is 23.7 Å². The fraction of sp³-hybridized carbons (Fsp3) is 0.391. The summed E-state index contributed by atoms with van der Waals surface area (Å²) in [4.78, 5) is 29.5. The zero-order valence-corrected chi connectivity index (χ0v) is 17.9. The van der Waals surface area contributed by atoms with Crippen LogP contribution in [0.5, 0.6) is 11.5 Å². The lowest BCUT2D eigenvalue weighted by Gasteiger charge is -2.28. The summed E-state index contributed by atoms with van der Waals surface area (Å²) in [6, 6.07) is 13.0. The van der Waals surface area contributed by atoms with Crippen LogP contribution in [0.15, 0.2) is 42.5 Å². The van der Waals surface area contributed by atoms with Crippen LogP contribution in [0.1, 0.15) is 30.9 Å². The Bertz CT molecular complexity index is 964. The van der Waals surface area contributed by atoms with E-state index in [9.17, 15) is 9.59 Å². The summed E-state index contributed by atoms with van der Waals surface area (Å²) in [6.45, 7) is 1.08. The molecule has 4 rings (SSSR count). The zero-order chi connectivity index (χ0) is 21.3. The van der Waals surface area contributed by atoms with Crippen molar-refractivity contribution in [1.29, 1.82) is 0 Å². The average Bonchev–Trinajstić information content (AvgIpc) is 3.39. The summed E-state index contributed by atoms with van der Waals surface area (Å²) in [5.74, 6) is 0.952. The number of benzene rings is 2. The maximum atomic E-state index is 13.4. The molecule has 2 heterocycles. The van der Waals surface area contributed by atoms with E-state index in [2.05, 4.69) is 0 Å². The van der Waals surface area contributed by atoms with Crippen molar-refractivity contribution in [3.05, 3.63) is 53.1 Å². The summed E-state index contributed by atoms with van der Waals surface area (Å²) in [5, 5.41) is 0.572. The molecular formula is C23H25ClN2O4. The Kier molecular flexibility index (Phi) is 5.86. The van der Waals surface area contributed by atoms with E-state index in [0.29, 0.717) is 29.6 Å². The molecular weight excluding hydrogens is 404 g/mol.